The average molecular weight is 324 g/mol. The highest BCUT2D eigenvalue weighted by molar-refractivity contribution is 4.85. The van der Waals surface area contributed by atoms with Gasteiger partial charge in [0.05, 0.1) is 0 Å². The van der Waals surface area contributed by atoms with E-state index in [0.29, 0.717) is 0 Å². The zero-order valence-electron chi connectivity index (χ0n) is 16.7. The van der Waals surface area contributed by atoms with Gasteiger partial charge in [-0.2, -0.15) is 0 Å². The normalized spacial score (nSPS) is 10.9. The van der Waals surface area contributed by atoms with Crippen LogP contribution in [0.3, 0.4) is 0 Å². The van der Waals surface area contributed by atoms with E-state index in [1.807, 2.05) is 0 Å². The monoisotopic (exact) mass is 323 g/mol. The molecular formula is C22H45N. The molecule has 0 aromatic carbocycles. The lowest BCUT2D eigenvalue weighted by Crippen LogP contribution is -2.16. The molecule has 0 rings (SSSR count). The molecule has 1 heteroatoms. The maximum atomic E-state index is 3.97. The van der Waals surface area contributed by atoms with Gasteiger partial charge in [0.25, 0.3) is 0 Å². The third-order valence-electron chi connectivity index (χ3n) is 5.00. The number of allylic oxidation sites excluding steroid dienone is 1. The minimum absolute atomic E-state index is 1.17. The van der Waals surface area contributed by atoms with Crippen molar-refractivity contribution in [3.63, 3.8) is 0 Å². The number of rotatable bonds is 18. The lowest BCUT2D eigenvalue weighted by Gasteiger charge is -2.18. The molecule has 0 aliphatic carbocycles. The lowest BCUT2D eigenvalue weighted by atomic mass is 10.0. The molecule has 0 saturated carbocycles. The van der Waals surface area contributed by atoms with Crippen LogP contribution < -0.4 is 0 Å². The molecule has 0 N–H and O–H groups in total. The van der Waals surface area contributed by atoms with E-state index in [2.05, 4.69) is 32.4 Å². The van der Waals surface area contributed by atoms with Gasteiger partial charge in [0, 0.05) is 19.3 Å². The summed E-state index contributed by atoms with van der Waals surface area (Å²) in [6.07, 6.45) is 23.0. The molecule has 0 heterocycles. The summed E-state index contributed by atoms with van der Waals surface area (Å²) in [5, 5.41) is 0. The van der Waals surface area contributed by atoms with E-state index < -0.39 is 0 Å². The molecule has 0 fully saturated rings. The summed E-state index contributed by atoms with van der Waals surface area (Å²) < 4.78 is 0. The summed E-state index contributed by atoms with van der Waals surface area (Å²) in [5.41, 5.74) is 1.19. The highest BCUT2D eigenvalue weighted by Gasteiger charge is 1.97. The summed E-state index contributed by atoms with van der Waals surface area (Å²) >= 11 is 0. The van der Waals surface area contributed by atoms with Crippen LogP contribution in [0.25, 0.3) is 0 Å². The fourth-order valence-corrected chi connectivity index (χ4v) is 3.09. The van der Waals surface area contributed by atoms with Gasteiger partial charge in [-0.1, -0.05) is 110 Å². The van der Waals surface area contributed by atoms with E-state index in [1.54, 1.807) is 0 Å². The minimum Gasteiger partial charge on any atom is -0.379 e. The summed E-state index contributed by atoms with van der Waals surface area (Å²) in [5.74, 6) is 0. The standard InChI is InChI=1S/C22H45N/c1-5-6-7-8-9-10-11-12-13-14-15-16-17-18-19-20-21-23(4)22(2)3/h2,5-21H2,1,3-4H3. The molecule has 0 bridgehead atoms. The quantitative estimate of drug-likeness (QED) is 0.233. The van der Waals surface area contributed by atoms with Gasteiger partial charge in [-0.05, 0) is 13.3 Å². The van der Waals surface area contributed by atoms with E-state index in [-0.39, 0.29) is 0 Å². The predicted molar refractivity (Wildman–Crippen MR) is 107 cm³/mol. The first-order valence-corrected chi connectivity index (χ1v) is 10.5. The maximum Gasteiger partial charge on any atom is 0.0171 e. The molecule has 0 aliphatic rings. The van der Waals surface area contributed by atoms with Gasteiger partial charge in [-0.15, -0.1) is 0 Å². The Morgan fingerprint density at radius 2 is 0.913 bits per heavy atom. The van der Waals surface area contributed by atoms with Crippen LogP contribution in [0, 0.1) is 0 Å². The van der Waals surface area contributed by atoms with Crippen LogP contribution in [-0.4, -0.2) is 18.5 Å². The second kappa shape index (κ2) is 17.9. The van der Waals surface area contributed by atoms with Crippen LogP contribution in [0.4, 0.5) is 0 Å². The Morgan fingerprint density at radius 3 is 1.22 bits per heavy atom. The van der Waals surface area contributed by atoms with E-state index in [9.17, 15) is 0 Å². The van der Waals surface area contributed by atoms with Crippen molar-refractivity contribution in [1.29, 1.82) is 0 Å². The van der Waals surface area contributed by atoms with Gasteiger partial charge in [-0.3, -0.25) is 0 Å². The Balaban J connectivity index is 3.04. The summed E-state index contributed by atoms with van der Waals surface area (Å²) in [7, 11) is 2.15. The maximum absolute atomic E-state index is 3.97. The first-order valence-electron chi connectivity index (χ1n) is 10.5. The summed E-state index contributed by atoms with van der Waals surface area (Å²) in [6.45, 7) is 9.53. The fourth-order valence-electron chi connectivity index (χ4n) is 3.09. The van der Waals surface area contributed by atoms with Crippen molar-refractivity contribution in [3.05, 3.63) is 12.3 Å². The van der Waals surface area contributed by atoms with E-state index in [4.69, 9.17) is 0 Å². The van der Waals surface area contributed by atoms with Crippen molar-refractivity contribution in [2.75, 3.05) is 13.6 Å². The largest absolute Gasteiger partial charge is 0.379 e. The van der Waals surface area contributed by atoms with Crippen molar-refractivity contribution >= 4 is 0 Å². The van der Waals surface area contributed by atoms with Gasteiger partial charge in [-0.25, -0.2) is 0 Å². The molecule has 0 unspecified atom stereocenters. The van der Waals surface area contributed by atoms with Crippen LogP contribution in [0.5, 0.6) is 0 Å². The SMILES string of the molecule is C=C(C)N(C)CCCCCCCCCCCCCCCCCC. The first-order chi connectivity index (χ1) is 11.2. The van der Waals surface area contributed by atoms with Gasteiger partial charge in [0.15, 0.2) is 0 Å². The third kappa shape index (κ3) is 17.7. The molecule has 0 aromatic rings. The van der Waals surface area contributed by atoms with Crippen LogP contribution in [0.2, 0.25) is 0 Å². The third-order valence-corrected chi connectivity index (χ3v) is 5.00. The van der Waals surface area contributed by atoms with Crippen LogP contribution in [-0.2, 0) is 0 Å². The minimum atomic E-state index is 1.17. The Morgan fingerprint density at radius 1 is 0.609 bits per heavy atom. The molecule has 0 atom stereocenters. The number of unbranched alkanes of at least 4 members (excludes halogenated alkanes) is 15. The van der Waals surface area contributed by atoms with Gasteiger partial charge in [0.1, 0.15) is 0 Å². The smallest absolute Gasteiger partial charge is 0.0171 e. The second-order valence-corrected chi connectivity index (χ2v) is 7.46. The van der Waals surface area contributed by atoms with Gasteiger partial charge >= 0.3 is 0 Å². The average Bonchev–Trinajstić information content (AvgIpc) is 2.54. The van der Waals surface area contributed by atoms with E-state index in [1.165, 1.54) is 115 Å². The Bertz CT molecular complexity index is 246. The predicted octanol–water partition coefficient (Wildman–Crippen LogP) is 7.71. The second-order valence-electron chi connectivity index (χ2n) is 7.46. The summed E-state index contributed by atoms with van der Waals surface area (Å²) in [6, 6.07) is 0. The van der Waals surface area contributed by atoms with E-state index in [0.717, 1.165) is 0 Å². The molecule has 0 aliphatic heterocycles. The zero-order chi connectivity index (χ0) is 17.2. The number of hydrogen-bond acceptors (Lipinski definition) is 1. The molecule has 0 spiro atoms. The van der Waals surface area contributed by atoms with Crippen molar-refractivity contribution in [2.24, 2.45) is 0 Å². The van der Waals surface area contributed by atoms with Crippen LogP contribution >= 0.6 is 0 Å². The highest BCUT2D eigenvalue weighted by atomic mass is 15.1. The van der Waals surface area contributed by atoms with Gasteiger partial charge in [0.2, 0.25) is 0 Å². The number of nitrogens with zero attached hydrogens (tertiary/aromatic N) is 1. The van der Waals surface area contributed by atoms with Gasteiger partial charge < -0.3 is 4.90 Å². The molecule has 1 nitrogen and oxygen atoms in total. The van der Waals surface area contributed by atoms with Crippen molar-refractivity contribution in [1.82, 2.24) is 4.90 Å². The Labute approximate surface area is 147 Å². The first kappa shape index (κ1) is 22.5. The van der Waals surface area contributed by atoms with Crippen LogP contribution in [0.1, 0.15) is 117 Å². The molecule has 138 valence electrons. The van der Waals surface area contributed by atoms with Crippen LogP contribution in [0.15, 0.2) is 12.3 Å². The molecular weight excluding hydrogens is 278 g/mol. The molecule has 0 saturated heterocycles. The fraction of sp³-hybridized carbons (Fsp3) is 0.909. The molecule has 0 radical (unpaired) electrons. The highest BCUT2D eigenvalue weighted by Crippen LogP contribution is 2.13. The van der Waals surface area contributed by atoms with Crippen molar-refractivity contribution < 1.29 is 0 Å². The topological polar surface area (TPSA) is 3.24 Å². The Hall–Kier alpha value is -0.460. The molecule has 0 amide bonds. The summed E-state index contributed by atoms with van der Waals surface area (Å²) in [4.78, 5) is 2.27. The van der Waals surface area contributed by atoms with E-state index >= 15 is 0 Å². The lowest BCUT2D eigenvalue weighted by molar-refractivity contribution is 0.399. The zero-order valence-corrected chi connectivity index (χ0v) is 16.7. The van der Waals surface area contributed by atoms with Crippen molar-refractivity contribution in [3.8, 4) is 0 Å². The Kier molecular flexibility index (Phi) is 17.5. The van der Waals surface area contributed by atoms with Crippen molar-refractivity contribution in [2.45, 2.75) is 117 Å². The molecule has 0 aromatic heterocycles. The number of hydrogen-bond donors (Lipinski definition) is 0. The molecule has 23 heavy (non-hydrogen) atoms.